The van der Waals surface area contributed by atoms with Crippen LogP contribution in [-0.2, 0) is 25.0 Å². The van der Waals surface area contributed by atoms with E-state index >= 15 is 9.59 Å². The smallest absolute Gasteiger partial charge is 0.352 e. The number of hydrogen-bond acceptors (Lipinski definition) is 5. The molecule has 2 spiro atoms. The largest absolute Gasteiger partial charge is 0.460 e. The molecule has 6 aliphatic rings. The molecule has 1 aromatic carbocycles. The predicted molar refractivity (Wildman–Crippen MR) is 218 cm³/mol. The normalized spacial score (nSPS) is 34.6. The lowest BCUT2D eigenvalue weighted by atomic mass is 9.41. The number of aromatic nitrogens is 3. The van der Waals surface area contributed by atoms with E-state index in [0.717, 1.165) is 51.4 Å². The molecule has 0 N–H and O–H groups in total. The summed E-state index contributed by atoms with van der Waals surface area (Å²) in [6.07, 6.45) is 19.7. The van der Waals surface area contributed by atoms with E-state index in [1.165, 1.54) is 17.9 Å². The SMILES string of the molecule is CC(=O)OC(C)(C)CCCCC[C@@H](C)[C@H]1CC[C@@H]2[C@]1(C)CC[C@H]1[C@]23C=C[C@]2(C[C@@H](O[Si](C)(C)C(C)(C)C)C=C[C@]12C)n1c(=O)n(-c2ccccc2)c(=O)n13. The van der Waals surface area contributed by atoms with Crippen molar-refractivity contribution in [2.75, 3.05) is 0 Å². The Bertz CT molecular complexity index is 1950. The van der Waals surface area contributed by atoms with Gasteiger partial charge >= 0.3 is 17.3 Å². The van der Waals surface area contributed by atoms with Crippen LogP contribution in [0, 0.1) is 34.5 Å². The van der Waals surface area contributed by atoms with Crippen LogP contribution in [0.25, 0.3) is 5.69 Å². The Morgan fingerprint density at radius 1 is 0.907 bits per heavy atom. The average molecular weight is 758 g/mol. The van der Waals surface area contributed by atoms with Crippen LogP contribution < -0.4 is 11.4 Å². The number of carbonyl (C=O) groups is 1. The van der Waals surface area contributed by atoms with Crippen molar-refractivity contribution in [2.24, 2.45) is 34.5 Å². The molecule has 2 saturated carbocycles. The number of ether oxygens (including phenoxy) is 1. The molecule has 2 aliphatic heterocycles. The van der Waals surface area contributed by atoms with E-state index in [4.69, 9.17) is 9.16 Å². The monoisotopic (exact) mass is 757 g/mol. The minimum atomic E-state index is -2.14. The highest BCUT2D eigenvalue weighted by Gasteiger charge is 2.74. The number of carbonyl (C=O) groups excluding carboxylic acids is 1. The zero-order chi connectivity index (χ0) is 39.3. The van der Waals surface area contributed by atoms with E-state index in [1.807, 2.05) is 53.5 Å². The summed E-state index contributed by atoms with van der Waals surface area (Å²) in [6, 6.07) is 9.52. The molecule has 0 unspecified atom stereocenters. The Hall–Kier alpha value is -2.91. The fourth-order valence-corrected chi connectivity index (χ4v) is 13.7. The fraction of sp³-hybridized carbons (Fsp3) is 0.711. The quantitative estimate of drug-likeness (QED) is 0.0987. The van der Waals surface area contributed by atoms with Crippen molar-refractivity contribution in [2.45, 2.75) is 167 Å². The highest BCUT2D eigenvalue weighted by molar-refractivity contribution is 6.74. The van der Waals surface area contributed by atoms with Crippen molar-refractivity contribution < 1.29 is 14.0 Å². The van der Waals surface area contributed by atoms with Crippen LogP contribution in [0.15, 0.2) is 64.2 Å². The summed E-state index contributed by atoms with van der Waals surface area (Å²) in [4.78, 5) is 41.7. The standard InChI is InChI=1S/C45H67N3O5Si/c1-31(18-14-13-17-25-41(6,7)52-32(2)49)35-21-22-36-42(35,8)26-24-37-43(9)27-23-34(53-54(10,11)40(3,4)5)30-44(43)28-29-45(36,37)48-39(51)46(38(50)47(44)48)33-19-15-12-16-20-33/h12,15-16,19-20,23,27-29,31,34-37H,13-14,17-18,21-22,24-26,30H2,1-11H3/t31-,34+,35-,36-,37-,42-,43-,44-,45+/m1/s1. The van der Waals surface area contributed by atoms with Gasteiger partial charge in [-0.05, 0) is 112 Å². The van der Waals surface area contributed by atoms with Gasteiger partial charge in [-0.1, -0.05) is 103 Å². The molecule has 9 heteroatoms. The molecule has 1 aromatic heterocycles. The number of hydrogen-bond donors (Lipinski definition) is 0. The van der Waals surface area contributed by atoms with Gasteiger partial charge in [0.25, 0.3) is 0 Å². The lowest BCUT2D eigenvalue weighted by Gasteiger charge is -2.70. The maximum atomic E-state index is 15.1. The van der Waals surface area contributed by atoms with Crippen molar-refractivity contribution in [3.8, 4) is 5.69 Å². The molecule has 0 amide bonds. The molecule has 8 nitrogen and oxygen atoms in total. The molecule has 54 heavy (non-hydrogen) atoms. The third-order valence-electron chi connectivity index (χ3n) is 16.0. The second-order valence-electron chi connectivity index (χ2n) is 20.5. The molecular formula is C45H67N3O5Si. The Morgan fingerprint density at radius 3 is 2.26 bits per heavy atom. The molecule has 9 atom stereocenters. The van der Waals surface area contributed by atoms with E-state index in [-0.39, 0.29) is 51.2 Å². The number of allylic oxidation sites excluding steroid dienone is 3. The molecule has 2 bridgehead atoms. The molecular weight excluding hydrogens is 691 g/mol. The van der Waals surface area contributed by atoms with Crippen LogP contribution in [0.1, 0.15) is 127 Å². The van der Waals surface area contributed by atoms with E-state index < -0.39 is 25.0 Å². The van der Waals surface area contributed by atoms with Crippen LogP contribution in [0.5, 0.6) is 0 Å². The van der Waals surface area contributed by atoms with E-state index in [0.29, 0.717) is 23.9 Å². The number of fused-ring (bicyclic) bond motifs is 1. The summed E-state index contributed by atoms with van der Waals surface area (Å²) in [5.74, 6) is 1.29. The fourth-order valence-electron chi connectivity index (χ4n) is 12.4. The highest BCUT2D eigenvalue weighted by atomic mass is 28.4. The minimum Gasteiger partial charge on any atom is -0.460 e. The van der Waals surface area contributed by atoms with Gasteiger partial charge in [-0.15, -0.1) is 0 Å². The van der Waals surface area contributed by atoms with Gasteiger partial charge in [0, 0.05) is 18.8 Å². The van der Waals surface area contributed by atoms with Crippen LogP contribution in [0.4, 0.5) is 0 Å². The first-order valence-corrected chi connectivity index (χ1v) is 23.9. The molecule has 3 heterocycles. The molecule has 0 saturated heterocycles. The Balaban J connectivity index is 1.26. The number of rotatable bonds is 11. The van der Waals surface area contributed by atoms with Gasteiger partial charge in [0.15, 0.2) is 8.32 Å². The van der Waals surface area contributed by atoms with Gasteiger partial charge in [0.1, 0.15) is 5.60 Å². The van der Waals surface area contributed by atoms with Crippen molar-refractivity contribution in [1.82, 2.24) is 13.9 Å². The average Bonchev–Trinajstić information content (AvgIpc) is 3.58. The summed E-state index contributed by atoms with van der Waals surface area (Å²) in [7, 11) is -2.14. The molecule has 2 fully saturated rings. The highest BCUT2D eigenvalue weighted by Crippen LogP contribution is 2.73. The van der Waals surface area contributed by atoms with Gasteiger partial charge in [0.05, 0.1) is 22.9 Å². The zero-order valence-corrected chi connectivity index (χ0v) is 36.0. The summed E-state index contributed by atoms with van der Waals surface area (Å²) >= 11 is 0. The summed E-state index contributed by atoms with van der Waals surface area (Å²) < 4.78 is 18.0. The number of esters is 1. The topological polar surface area (TPSA) is 84.5 Å². The summed E-state index contributed by atoms with van der Waals surface area (Å²) in [6.45, 7) is 24.3. The number of unbranched alkanes of at least 4 members (excludes halogenated alkanes) is 2. The van der Waals surface area contributed by atoms with Crippen molar-refractivity contribution >= 4 is 14.3 Å². The predicted octanol–water partition coefficient (Wildman–Crippen LogP) is 9.50. The Kier molecular flexibility index (Phi) is 9.52. The summed E-state index contributed by atoms with van der Waals surface area (Å²) in [5, 5.41) is 0.0467. The Morgan fingerprint density at radius 2 is 1.59 bits per heavy atom. The lowest BCUT2D eigenvalue weighted by molar-refractivity contribution is -0.166. The van der Waals surface area contributed by atoms with Crippen LogP contribution in [0.2, 0.25) is 18.1 Å². The van der Waals surface area contributed by atoms with Gasteiger partial charge in [-0.2, -0.15) is 0 Å². The molecule has 296 valence electrons. The second kappa shape index (κ2) is 13.1. The van der Waals surface area contributed by atoms with Gasteiger partial charge in [0.2, 0.25) is 0 Å². The number of nitrogens with zero attached hydrogens (tertiary/aromatic N) is 3. The van der Waals surface area contributed by atoms with E-state index in [2.05, 4.69) is 78.9 Å². The Labute approximate surface area is 324 Å². The number of benzene rings is 1. The molecule has 0 radical (unpaired) electrons. The minimum absolute atomic E-state index is 0.0345. The zero-order valence-electron chi connectivity index (χ0n) is 35.0. The van der Waals surface area contributed by atoms with Gasteiger partial charge < -0.3 is 9.16 Å². The van der Waals surface area contributed by atoms with Crippen LogP contribution >= 0.6 is 0 Å². The van der Waals surface area contributed by atoms with Gasteiger partial charge in [-0.25, -0.2) is 23.5 Å². The third kappa shape index (κ3) is 5.70. The third-order valence-corrected chi connectivity index (χ3v) is 20.5. The number of para-hydroxylation sites is 1. The molecule has 2 aromatic rings. The van der Waals surface area contributed by atoms with E-state index in [9.17, 15) is 4.79 Å². The van der Waals surface area contributed by atoms with Crippen molar-refractivity contribution in [3.05, 3.63) is 75.6 Å². The van der Waals surface area contributed by atoms with Crippen molar-refractivity contribution in [3.63, 3.8) is 0 Å². The maximum absolute atomic E-state index is 15.1. The first-order chi connectivity index (χ1) is 25.2. The second-order valence-corrected chi connectivity index (χ2v) is 25.3. The lowest BCUT2D eigenvalue weighted by Crippen LogP contribution is -2.76. The molecule has 8 rings (SSSR count). The van der Waals surface area contributed by atoms with E-state index in [1.54, 1.807) is 0 Å². The maximum Gasteiger partial charge on any atom is 0.352 e. The molecule has 4 aliphatic carbocycles. The first kappa shape index (κ1) is 39.3. The van der Waals surface area contributed by atoms with Gasteiger partial charge in [-0.3, -0.25) is 4.79 Å². The summed E-state index contributed by atoms with van der Waals surface area (Å²) in [5.41, 5.74) is -1.90. The van der Waals surface area contributed by atoms with Crippen LogP contribution in [-0.4, -0.2) is 39.9 Å². The van der Waals surface area contributed by atoms with Crippen molar-refractivity contribution in [1.29, 1.82) is 0 Å². The first-order valence-electron chi connectivity index (χ1n) is 21.0. The van der Waals surface area contributed by atoms with Crippen LogP contribution in [0.3, 0.4) is 0 Å².